The summed E-state index contributed by atoms with van der Waals surface area (Å²) in [6, 6.07) is 13.6. The van der Waals surface area contributed by atoms with Crippen LogP contribution in [0, 0.1) is 5.82 Å². The number of hydrogen-bond donors (Lipinski definition) is 2. The highest BCUT2D eigenvalue weighted by Gasteiger charge is 2.31. The van der Waals surface area contributed by atoms with Crippen LogP contribution in [0.4, 0.5) is 10.2 Å². The number of benzene rings is 2. The number of amides is 1. The van der Waals surface area contributed by atoms with Crippen LogP contribution in [0.25, 0.3) is 0 Å². The molecule has 8 heteroatoms. The Kier molecular flexibility index (Phi) is 6.18. The first kappa shape index (κ1) is 20.9. The van der Waals surface area contributed by atoms with Gasteiger partial charge in [0.25, 0.3) is 5.56 Å². The van der Waals surface area contributed by atoms with E-state index >= 15 is 0 Å². The highest BCUT2D eigenvalue weighted by atomic mass is 32.2. The molecule has 0 saturated heterocycles. The highest BCUT2D eigenvalue weighted by molar-refractivity contribution is 7.99. The second-order valence-electron chi connectivity index (χ2n) is 6.99. The van der Waals surface area contributed by atoms with Crippen molar-refractivity contribution in [3.63, 3.8) is 0 Å². The monoisotopic (exact) mass is 437 g/mol. The lowest BCUT2D eigenvalue weighted by Crippen LogP contribution is -2.31. The van der Waals surface area contributed by atoms with Crippen molar-refractivity contribution in [3.05, 3.63) is 94.0 Å². The van der Waals surface area contributed by atoms with Gasteiger partial charge in [0, 0.05) is 23.7 Å². The van der Waals surface area contributed by atoms with Crippen LogP contribution in [-0.2, 0) is 11.4 Å². The Morgan fingerprint density at radius 2 is 1.97 bits per heavy atom. The van der Waals surface area contributed by atoms with E-state index in [1.54, 1.807) is 36.4 Å². The smallest absolute Gasteiger partial charge is 0.257 e. The third-order valence-corrected chi connectivity index (χ3v) is 5.77. The number of fused-ring (bicyclic) bond motifs is 1. The van der Waals surface area contributed by atoms with Gasteiger partial charge in [0.15, 0.2) is 5.16 Å². The molecule has 2 aromatic carbocycles. The van der Waals surface area contributed by atoms with Crippen molar-refractivity contribution < 1.29 is 13.9 Å². The molecule has 2 N–H and O–H groups in total. The molecule has 0 saturated carbocycles. The summed E-state index contributed by atoms with van der Waals surface area (Å²) < 4.78 is 19.4. The van der Waals surface area contributed by atoms with E-state index in [9.17, 15) is 14.0 Å². The number of carbonyl (C=O) groups excluding carboxylic acids is 1. The van der Waals surface area contributed by atoms with Crippen LogP contribution in [0.1, 0.15) is 29.0 Å². The molecular formula is C23H20FN3O3S. The number of nitrogens with one attached hydrogen (secondary N) is 2. The summed E-state index contributed by atoms with van der Waals surface area (Å²) >= 11 is 1.33. The van der Waals surface area contributed by atoms with Crippen molar-refractivity contribution in [2.75, 3.05) is 11.1 Å². The van der Waals surface area contributed by atoms with Crippen LogP contribution in [0.2, 0.25) is 0 Å². The van der Waals surface area contributed by atoms with Gasteiger partial charge in [-0.3, -0.25) is 9.59 Å². The van der Waals surface area contributed by atoms with Crippen molar-refractivity contribution in [1.29, 1.82) is 0 Å². The van der Waals surface area contributed by atoms with Crippen molar-refractivity contribution in [1.82, 2.24) is 9.97 Å². The summed E-state index contributed by atoms with van der Waals surface area (Å²) in [7, 11) is 0. The van der Waals surface area contributed by atoms with Crippen LogP contribution in [0.15, 0.2) is 71.1 Å². The maximum atomic E-state index is 13.7. The lowest BCUT2D eigenvalue weighted by Gasteiger charge is -2.24. The first-order chi connectivity index (χ1) is 15.0. The molecule has 1 atom stereocenters. The second-order valence-corrected chi connectivity index (χ2v) is 8.00. The number of H-pyrrole nitrogens is 1. The Hall–Kier alpha value is -3.39. The minimum absolute atomic E-state index is 0.107. The zero-order chi connectivity index (χ0) is 21.8. The van der Waals surface area contributed by atoms with Gasteiger partial charge in [0.1, 0.15) is 24.0 Å². The van der Waals surface area contributed by atoms with Gasteiger partial charge in [-0.15, -0.1) is 6.58 Å². The first-order valence-electron chi connectivity index (χ1n) is 9.69. The lowest BCUT2D eigenvalue weighted by atomic mass is 9.87. The number of aromatic amines is 1. The van der Waals surface area contributed by atoms with Gasteiger partial charge in [-0.2, -0.15) is 0 Å². The fourth-order valence-corrected chi connectivity index (χ4v) is 4.01. The van der Waals surface area contributed by atoms with E-state index < -0.39 is 5.92 Å². The summed E-state index contributed by atoms with van der Waals surface area (Å²) in [6.45, 7) is 3.76. The van der Waals surface area contributed by atoms with Gasteiger partial charge in [-0.1, -0.05) is 48.2 Å². The van der Waals surface area contributed by atoms with Crippen LogP contribution in [0.5, 0.6) is 5.75 Å². The predicted molar refractivity (Wildman–Crippen MR) is 118 cm³/mol. The van der Waals surface area contributed by atoms with E-state index in [1.165, 1.54) is 17.8 Å². The molecule has 158 valence electrons. The summed E-state index contributed by atoms with van der Waals surface area (Å²) in [4.78, 5) is 32.2. The number of halogens is 1. The van der Waals surface area contributed by atoms with E-state index in [2.05, 4.69) is 21.9 Å². The first-order valence-corrected chi connectivity index (χ1v) is 10.7. The standard InChI is InChI=1S/C23H20FN3O3S/c1-2-11-31-23-26-21-20(22(29)27-23)17(12-19(28)25-21)14-7-9-16(10-8-14)30-13-15-5-3-4-6-18(15)24/h2-10,17H,1,11-13H2,(H2,25,26,27,28,29). The third-order valence-electron chi connectivity index (χ3n) is 4.90. The van der Waals surface area contributed by atoms with Gasteiger partial charge in [0.2, 0.25) is 5.91 Å². The molecule has 0 radical (unpaired) electrons. The zero-order valence-electron chi connectivity index (χ0n) is 16.6. The fourth-order valence-electron chi connectivity index (χ4n) is 3.41. The Labute approximate surface area is 182 Å². The van der Waals surface area contributed by atoms with Gasteiger partial charge in [-0.05, 0) is 23.8 Å². The van der Waals surface area contributed by atoms with Crippen molar-refractivity contribution >= 4 is 23.5 Å². The molecule has 6 nitrogen and oxygen atoms in total. The quantitative estimate of drug-likeness (QED) is 0.328. The van der Waals surface area contributed by atoms with Gasteiger partial charge in [0.05, 0.1) is 5.56 Å². The Balaban J connectivity index is 1.56. The molecule has 2 heterocycles. The molecule has 0 fully saturated rings. The number of thioether (sulfide) groups is 1. The minimum atomic E-state index is -0.418. The van der Waals surface area contributed by atoms with Crippen molar-refractivity contribution in [2.45, 2.75) is 24.1 Å². The van der Waals surface area contributed by atoms with Crippen LogP contribution >= 0.6 is 11.8 Å². The van der Waals surface area contributed by atoms with Crippen LogP contribution < -0.4 is 15.6 Å². The molecule has 1 aromatic heterocycles. The Bertz CT molecular complexity index is 1180. The maximum Gasteiger partial charge on any atom is 0.257 e. The van der Waals surface area contributed by atoms with Crippen LogP contribution in [0.3, 0.4) is 0 Å². The molecule has 1 aliphatic rings. The molecule has 0 spiro atoms. The summed E-state index contributed by atoms with van der Waals surface area (Å²) in [5, 5.41) is 3.13. The average Bonchev–Trinajstić information content (AvgIpc) is 2.76. The van der Waals surface area contributed by atoms with E-state index in [0.717, 1.165) is 5.56 Å². The Morgan fingerprint density at radius 3 is 2.71 bits per heavy atom. The third kappa shape index (κ3) is 4.69. The van der Waals surface area contributed by atoms with E-state index in [1.807, 2.05) is 12.1 Å². The lowest BCUT2D eigenvalue weighted by molar-refractivity contribution is -0.116. The SMILES string of the molecule is C=CCSc1nc2c(c(=O)[nH]1)C(c1ccc(OCc3ccccc3F)cc1)CC(=O)N2. The summed E-state index contributed by atoms with van der Waals surface area (Å²) in [5.41, 5.74) is 1.42. The topological polar surface area (TPSA) is 84.1 Å². The predicted octanol–water partition coefficient (Wildman–Crippen LogP) is 4.24. The normalized spacial score (nSPS) is 15.1. The van der Waals surface area contributed by atoms with E-state index in [4.69, 9.17) is 4.74 Å². The minimum Gasteiger partial charge on any atom is -0.489 e. The molecule has 1 amide bonds. The molecule has 31 heavy (non-hydrogen) atoms. The number of rotatable bonds is 7. The van der Waals surface area contributed by atoms with E-state index in [0.29, 0.717) is 27.8 Å². The number of hydrogen-bond acceptors (Lipinski definition) is 5. The maximum absolute atomic E-state index is 13.7. The number of aromatic nitrogens is 2. The zero-order valence-corrected chi connectivity index (χ0v) is 17.4. The summed E-state index contributed by atoms with van der Waals surface area (Å²) in [5.74, 6) is 0.510. The number of carbonyl (C=O) groups is 1. The molecular weight excluding hydrogens is 417 g/mol. The van der Waals surface area contributed by atoms with Gasteiger partial charge in [-0.25, -0.2) is 9.37 Å². The largest absolute Gasteiger partial charge is 0.489 e. The number of ether oxygens (including phenoxy) is 1. The Morgan fingerprint density at radius 1 is 1.19 bits per heavy atom. The fraction of sp³-hybridized carbons (Fsp3) is 0.174. The molecule has 0 bridgehead atoms. The van der Waals surface area contributed by atoms with Crippen LogP contribution in [-0.4, -0.2) is 21.6 Å². The molecule has 1 aliphatic heterocycles. The second kappa shape index (κ2) is 9.18. The molecule has 4 rings (SSSR count). The van der Waals surface area contributed by atoms with Crippen molar-refractivity contribution in [3.8, 4) is 5.75 Å². The number of anilines is 1. The molecule has 1 unspecified atom stereocenters. The van der Waals surface area contributed by atoms with Crippen molar-refractivity contribution in [2.24, 2.45) is 0 Å². The van der Waals surface area contributed by atoms with E-state index in [-0.39, 0.29) is 36.1 Å². The molecule has 0 aliphatic carbocycles. The molecule has 3 aromatic rings. The highest BCUT2D eigenvalue weighted by Crippen LogP contribution is 2.35. The number of nitrogens with zero attached hydrogens (tertiary/aromatic N) is 1. The summed E-state index contributed by atoms with van der Waals surface area (Å²) in [6.07, 6.45) is 1.85. The average molecular weight is 437 g/mol. The van der Waals surface area contributed by atoms with Gasteiger partial charge < -0.3 is 15.0 Å². The van der Waals surface area contributed by atoms with Gasteiger partial charge >= 0.3 is 0 Å².